The van der Waals surface area contributed by atoms with Gasteiger partial charge in [0.05, 0.1) is 6.04 Å². The molecule has 3 rings (SSSR count). The number of aromatic nitrogens is 4. The largest absolute Gasteiger partial charge is 0.346 e. The number of hydrogen-bond donors (Lipinski definition) is 1. The Labute approximate surface area is 124 Å². The van der Waals surface area contributed by atoms with Crippen LogP contribution in [-0.2, 0) is 25.3 Å². The number of nitrogens with one attached hydrogen (secondary N) is 1. The molecular formula is C15H21N5O. The summed E-state index contributed by atoms with van der Waals surface area (Å²) in [6, 6.07) is 1.99. The quantitative estimate of drug-likeness (QED) is 0.872. The van der Waals surface area contributed by atoms with E-state index in [0.29, 0.717) is 18.8 Å². The Kier molecular flexibility index (Phi) is 3.77. The number of carbonyl (C=O) groups excluding carboxylic acids is 1. The van der Waals surface area contributed by atoms with Crippen LogP contribution in [0.1, 0.15) is 36.8 Å². The number of imidazole rings is 1. The molecule has 1 fully saturated rings. The highest BCUT2D eigenvalue weighted by molar-refractivity contribution is 5.76. The van der Waals surface area contributed by atoms with E-state index in [4.69, 9.17) is 0 Å². The van der Waals surface area contributed by atoms with Crippen molar-refractivity contribution in [2.45, 2.75) is 31.7 Å². The number of carbonyl (C=O) groups is 1. The van der Waals surface area contributed by atoms with Crippen LogP contribution in [0.25, 0.3) is 0 Å². The van der Waals surface area contributed by atoms with Gasteiger partial charge in [0.15, 0.2) is 0 Å². The van der Waals surface area contributed by atoms with Crippen LogP contribution in [0, 0.1) is 5.92 Å². The minimum Gasteiger partial charge on any atom is -0.346 e. The molecule has 6 heteroatoms. The van der Waals surface area contributed by atoms with E-state index in [1.165, 1.54) is 12.8 Å². The molecule has 21 heavy (non-hydrogen) atoms. The second-order valence-electron chi connectivity index (χ2n) is 5.73. The van der Waals surface area contributed by atoms with Crippen molar-refractivity contribution >= 4 is 5.91 Å². The van der Waals surface area contributed by atoms with Crippen molar-refractivity contribution in [2.75, 3.05) is 0 Å². The summed E-state index contributed by atoms with van der Waals surface area (Å²) in [6.07, 6.45) is 8.99. The average Bonchev–Trinajstić information content (AvgIpc) is 3.09. The van der Waals surface area contributed by atoms with E-state index in [1.807, 2.05) is 35.6 Å². The predicted molar refractivity (Wildman–Crippen MR) is 78.3 cm³/mol. The molecule has 1 unspecified atom stereocenters. The van der Waals surface area contributed by atoms with Crippen LogP contribution in [0.3, 0.4) is 0 Å². The Morgan fingerprint density at radius 2 is 2.24 bits per heavy atom. The molecule has 2 heterocycles. The van der Waals surface area contributed by atoms with Crippen LogP contribution < -0.4 is 5.32 Å². The molecule has 0 aromatic carbocycles. The van der Waals surface area contributed by atoms with Crippen molar-refractivity contribution in [3.05, 3.63) is 36.2 Å². The third kappa shape index (κ3) is 3.15. The van der Waals surface area contributed by atoms with Crippen molar-refractivity contribution in [2.24, 2.45) is 20.0 Å². The Bertz CT molecular complexity index is 626. The number of hydrogen-bond acceptors (Lipinski definition) is 3. The van der Waals surface area contributed by atoms with Crippen molar-refractivity contribution in [1.29, 1.82) is 0 Å². The maximum Gasteiger partial charge on any atom is 0.220 e. The summed E-state index contributed by atoms with van der Waals surface area (Å²) >= 11 is 0. The minimum absolute atomic E-state index is 0.0454. The van der Waals surface area contributed by atoms with Gasteiger partial charge in [0, 0.05) is 44.8 Å². The normalized spacial score (nSPS) is 15.9. The monoisotopic (exact) mass is 287 g/mol. The summed E-state index contributed by atoms with van der Waals surface area (Å²) in [5, 5.41) is 7.27. The molecule has 6 nitrogen and oxygen atoms in total. The van der Waals surface area contributed by atoms with Gasteiger partial charge in [0.25, 0.3) is 0 Å². The molecule has 112 valence electrons. The minimum atomic E-state index is 0.0454. The van der Waals surface area contributed by atoms with Gasteiger partial charge in [-0.25, -0.2) is 4.98 Å². The van der Waals surface area contributed by atoms with Crippen molar-refractivity contribution < 1.29 is 4.79 Å². The first kappa shape index (κ1) is 13.9. The van der Waals surface area contributed by atoms with Gasteiger partial charge >= 0.3 is 0 Å². The summed E-state index contributed by atoms with van der Waals surface area (Å²) in [5.74, 6) is 1.56. The molecule has 0 saturated heterocycles. The van der Waals surface area contributed by atoms with Gasteiger partial charge < -0.3 is 9.88 Å². The van der Waals surface area contributed by atoms with Gasteiger partial charge in [-0.3, -0.25) is 9.48 Å². The highest BCUT2D eigenvalue weighted by atomic mass is 16.1. The van der Waals surface area contributed by atoms with Crippen molar-refractivity contribution in [3.63, 3.8) is 0 Å². The van der Waals surface area contributed by atoms with Gasteiger partial charge in [0.2, 0.25) is 5.91 Å². The molecule has 1 amide bonds. The molecule has 0 bridgehead atoms. The number of aryl methyl sites for hydroxylation is 3. The van der Waals surface area contributed by atoms with E-state index in [2.05, 4.69) is 15.4 Å². The molecule has 1 N–H and O–H groups in total. The first-order valence-corrected chi connectivity index (χ1v) is 7.38. The first-order valence-electron chi connectivity index (χ1n) is 7.38. The SMILES string of the molecule is Cn1ccnc1C(NC(=O)CCc1ccnn1C)C1CC1. The van der Waals surface area contributed by atoms with Gasteiger partial charge in [-0.05, 0) is 31.2 Å². The zero-order valence-corrected chi connectivity index (χ0v) is 12.5. The maximum absolute atomic E-state index is 12.2. The Hall–Kier alpha value is -2.11. The fourth-order valence-corrected chi connectivity index (χ4v) is 2.63. The predicted octanol–water partition coefficient (Wildman–Crippen LogP) is 1.35. The molecule has 1 aliphatic carbocycles. The molecule has 0 radical (unpaired) electrons. The van der Waals surface area contributed by atoms with Crippen molar-refractivity contribution in [3.8, 4) is 0 Å². The molecule has 2 aromatic heterocycles. The third-order valence-electron chi connectivity index (χ3n) is 4.08. The molecule has 2 aromatic rings. The topological polar surface area (TPSA) is 64.7 Å². The Balaban J connectivity index is 1.60. The molecule has 0 spiro atoms. The summed E-state index contributed by atoms with van der Waals surface area (Å²) in [6.45, 7) is 0. The van der Waals surface area contributed by atoms with E-state index < -0.39 is 0 Å². The third-order valence-corrected chi connectivity index (χ3v) is 4.08. The lowest BCUT2D eigenvalue weighted by Gasteiger charge is -2.18. The molecule has 1 atom stereocenters. The summed E-state index contributed by atoms with van der Waals surface area (Å²) in [4.78, 5) is 16.6. The van der Waals surface area contributed by atoms with Gasteiger partial charge in [0.1, 0.15) is 5.82 Å². The van der Waals surface area contributed by atoms with E-state index in [-0.39, 0.29) is 11.9 Å². The van der Waals surface area contributed by atoms with Crippen LogP contribution in [0.15, 0.2) is 24.7 Å². The van der Waals surface area contributed by atoms with Crippen LogP contribution in [0.2, 0.25) is 0 Å². The van der Waals surface area contributed by atoms with E-state index in [9.17, 15) is 4.79 Å². The fourth-order valence-electron chi connectivity index (χ4n) is 2.63. The highest BCUT2D eigenvalue weighted by Gasteiger charge is 2.35. The average molecular weight is 287 g/mol. The van der Waals surface area contributed by atoms with Gasteiger partial charge in [-0.2, -0.15) is 5.10 Å². The van der Waals surface area contributed by atoms with Crippen LogP contribution in [-0.4, -0.2) is 25.2 Å². The molecule has 0 aliphatic heterocycles. The van der Waals surface area contributed by atoms with E-state index in [0.717, 1.165) is 11.5 Å². The summed E-state index contributed by atoms with van der Waals surface area (Å²) in [5.41, 5.74) is 1.07. The standard InChI is InChI=1S/C15H21N5O/c1-19-10-9-16-15(19)14(11-3-4-11)18-13(21)6-5-12-7-8-17-20(12)2/h7-11,14H,3-6H2,1-2H3,(H,18,21). The zero-order chi connectivity index (χ0) is 14.8. The second kappa shape index (κ2) is 5.71. The Morgan fingerprint density at radius 1 is 1.43 bits per heavy atom. The molecule has 1 saturated carbocycles. The summed E-state index contributed by atoms with van der Waals surface area (Å²) < 4.78 is 3.80. The molecular weight excluding hydrogens is 266 g/mol. The summed E-state index contributed by atoms with van der Waals surface area (Å²) in [7, 11) is 3.87. The van der Waals surface area contributed by atoms with Crippen LogP contribution >= 0.6 is 0 Å². The Morgan fingerprint density at radius 3 is 2.81 bits per heavy atom. The molecule has 1 aliphatic rings. The van der Waals surface area contributed by atoms with Crippen LogP contribution in [0.5, 0.6) is 0 Å². The number of amides is 1. The van der Waals surface area contributed by atoms with E-state index in [1.54, 1.807) is 12.4 Å². The number of rotatable bonds is 6. The van der Waals surface area contributed by atoms with Gasteiger partial charge in [-0.1, -0.05) is 0 Å². The lowest BCUT2D eigenvalue weighted by atomic mass is 10.1. The number of nitrogens with zero attached hydrogens (tertiary/aromatic N) is 4. The first-order chi connectivity index (χ1) is 10.1. The van der Waals surface area contributed by atoms with Gasteiger partial charge in [-0.15, -0.1) is 0 Å². The lowest BCUT2D eigenvalue weighted by molar-refractivity contribution is -0.122. The highest BCUT2D eigenvalue weighted by Crippen LogP contribution is 2.40. The second-order valence-corrected chi connectivity index (χ2v) is 5.73. The van der Waals surface area contributed by atoms with E-state index >= 15 is 0 Å². The lowest BCUT2D eigenvalue weighted by Crippen LogP contribution is -2.31. The fraction of sp³-hybridized carbons (Fsp3) is 0.533. The zero-order valence-electron chi connectivity index (χ0n) is 12.5. The smallest absolute Gasteiger partial charge is 0.220 e. The van der Waals surface area contributed by atoms with Crippen molar-refractivity contribution in [1.82, 2.24) is 24.6 Å². The maximum atomic E-state index is 12.2. The van der Waals surface area contributed by atoms with Crippen LogP contribution in [0.4, 0.5) is 0 Å².